The van der Waals surface area contributed by atoms with Crippen LogP contribution in [0.1, 0.15) is 12.8 Å². The number of rotatable bonds is 3. The molecule has 2 aliphatic rings. The Morgan fingerprint density at radius 3 is 2.37 bits per heavy atom. The zero-order valence-electron chi connectivity index (χ0n) is 15.4. The molecule has 2 fully saturated rings. The van der Waals surface area contributed by atoms with E-state index in [1.54, 1.807) is 0 Å². The predicted octanol–water partition coefficient (Wildman–Crippen LogP) is 3.04. The number of hydrogen-bond donors (Lipinski definition) is 3. The van der Waals surface area contributed by atoms with Gasteiger partial charge >= 0.3 is 6.03 Å². The molecular weight excluding hydrogens is 340 g/mol. The van der Waals surface area contributed by atoms with E-state index in [4.69, 9.17) is 4.74 Å². The molecule has 2 amide bonds. The van der Waals surface area contributed by atoms with Crippen LogP contribution < -0.4 is 20.7 Å². The van der Waals surface area contributed by atoms with Crippen LogP contribution in [0.15, 0.2) is 54.6 Å². The monoisotopic (exact) mass is 366 g/mol. The first-order valence-electron chi connectivity index (χ1n) is 9.58. The van der Waals surface area contributed by atoms with Crippen LogP contribution in [-0.4, -0.2) is 49.2 Å². The van der Waals surface area contributed by atoms with Gasteiger partial charge in [0.2, 0.25) is 0 Å². The predicted molar refractivity (Wildman–Crippen MR) is 106 cm³/mol. The van der Waals surface area contributed by atoms with Crippen LogP contribution in [-0.2, 0) is 0 Å². The third-order valence-corrected chi connectivity index (χ3v) is 5.40. The Morgan fingerprint density at radius 1 is 0.926 bits per heavy atom. The van der Waals surface area contributed by atoms with Crippen LogP contribution in [0.5, 0.6) is 11.5 Å². The van der Waals surface area contributed by atoms with E-state index in [2.05, 4.69) is 16.0 Å². The molecular formula is C21H26N4O2. The Morgan fingerprint density at radius 2 is 1.63 bits per heavy atom. The maximum Gasteiger partial charge on any atom is 0.322 e. The summed E-state index contributed by atoms with van der Waals surface area (Å²) < 4.78 is 5.81. The van der Waals surface area contributed by atoms with Crippen LogP contribution in [0.3, 0.4) is 0 Å². The second kappa shape index (κ2) is 7.98. The number of anilines is 1. The van der Waals surface area contributed by atoms with Crippen LogP contribution in [0.2, 0.25) is 0 Å². The lowest BCUT2D eigenvalue weighted by Crippen LogP contribution is -2.66. The number of urea groups is 1. The van der Waals surface area contributed by atoms with E-state index in [9.17, 15) is 4.79 Å². The summed E-state index contributed by atoms with van der Waals surface area (Å²) in [7, 11) is 0. The molecule has 0 aromatic heterocycles. The Hall–Kier alpha value is -2.57. The number of nitrogens with one attached hydrogen (secondary N) is 3. The fraction of sp³-hybridized carbons (Fsp3) is 0.381. The molecule has 2 aromatic carbocycles. The third kappa shape index (κ3) is 4.07. The number of nitrogens with zero attached hydrogens (tertiary/aromatic N) is 1. The largest absolute Gasteiger partial charge is 0.457 e. The quantitative estimate of drug-likeness (QED) is 0.781. The van der Waals surface area contributed by atoms with Crippen molar-refractivity contribution in [3.8, 4) is 11.5 Å². The van der Waals surface area contributed by atoms with E-state index in [1.165, 1.54) is 0 Å². The van der Waals surface area contributed by atoms with Crippen molar-refractivity contribution in [3.63, 3.8) is 0 Å². The van der Waals surface area contributed by atoms with Crippen LogP contribution >= 0.6 is 0 Å². The highest BCUT2D eigenvalue weighted by Crippen LogP contribution is 2.29. The molecule has 1 spiro atoms. The number of piperidine rings is 1. The second-order valence-electron chi connectivity index (χ2n) is 7.17. The Labute approximate surface area is 159 Å². The molecule has 27 heavy (non-hydrogen) atoms. The minimum atomic E-state index is -0.0794. The van der Waals surface area contributed by atoms with Crippen molar-refractivity contribution in [2.24, 2.45) is 0 Å². The lowest BCUT2D eigenvalue weighted by atomic mass is 9.85. The maximum atomic E-state index is 13.0. The van der Waals surface area contributed by atoms with Gasteiger partial charge in [-0.2, -0.15) is 0 Å². The fourth-order valence-corrected chi connectivity index (χ4v) is 3.92. The van der Waals surface area contributed by atoms with Gasteiger partial charge in [-0.3, -0.25) is 0 Å². The average Bonchev–Trinajstić information content (AvgIpc) is 2.71. The van der Waals surface area contributed by atoms with Crippen molar-refractivity contribution in [2.75, 3.05) is 38.0 Å². The highest BCUT2D eigenvalue weighted by atomic mass is 16.5. The van der Waals surface area contributed by atoms with E-state index in [-0.39, 0.29) is 11.6 Å². The molecule has 0 unspecified atom stereocenters. The van der Waals surface area contributed by atoms with Crippen molar-refractivity contribution in [1.29, 1.82) is 0 Å². The summed E-state index contributed by atoms with van der Waals surface area (Å²) in [5, 5.41) is 9.91. The Bertz CT molecular complexity index is 749. The van der Waals surface area contributed by atoms with Gasteiger partial charge in [0.25, 0.3) is 0 Å². The highest BCUT2D eigenvalue weighted by molar-refractivity contribution is 5.90. The number of ether oxygens (including phenoxy) is 1. The van der Waals surface area contributed by atoms with Gasteiger partial charge in [-0.05, 0) is 62.3 Å². The van der Waals surface area contributed by atoms with Crippen molar-refractivity contribution in [3.05, 3.63) is 54.6 Å². The number of benzene rings is 2. The van der Waals surface area contributed by atoms with Crippen LogP contribution in [0, 0.1) is 0 Å². The summed E-state index contributed by atoms with van der Waals surface area (Å²) in [6, 6.07) is 17.2. The van der Waals surface area contributed by atoms with Crippen LogP contribution in [0.25, 0.3) is 0 Å². The standard InChI is InChI=1S/C21H26N4O2/c26-20(25-15-14-23-16-21(25)10-12-22-13-11-21)24-17-6-8-19(9-7-17)27-18-4-2-1-3-5-18/h1-9,22-23H,10-16H2,(H,24,26). The van der Waals surface area contributed by atoms with Gasteiger partial charge in [0.15, 0.2) is 0 Å². The number of amides is 2. The van der Waals surface area contributed by atoms with Gasteiger partial charge in [-0.15, -0.1) is 0 Å². The fourth-order valence-electron chi connectivity index (χ4n) is 3.92. The smallest absolute Gasteiger partial charge is 0.322 e. The molecule has 0 saturated carbocycles. The average molecular weight is 366 g/mol. The normalized spacial score (nSPS) is 18.9. The first-order valence-corrected chi connectivity index (χ1v) is 9.58. The third-order valence-electron chi connectivity index (χ3n) is 5.40. The zero-order chi connectivity index (χ0) is 18.5. The summed E-state index contributed by atoms with van der Waals surface area (Å²) in [6.45, 7) is 4.35. The number of para-hydroxylation sites is 1. The molecule has 0 bridgehead atoms. The number of hydrogen-bond acceptors (Lipinski definition) is 4. The molecule has 0 aliphatic carbocycles. The molecule has 3 N–H and O–H groups in total. The van der Waals surface area contributed by atoms with Gasteiger partial charge in [-0.1, -0.05) is 18.2 Å². The molecule has 4 rings (SSSR count). The van der Waals surface area contributed by atoms with E-state index in [0.717, 1.165) is 62.8 Å². The topological polar surface area (TPSA) is 65.6 Å². The molecule has 2 aromatic rings. The molecule has 2 heterocycles. The molecule has 0 atom stereocenters. The minimum Gasteiger partial charge on any atom is -0.457 e. The molecule has 142 valence electrons. The van der Waals surface area contributed by atoms with Crippen molar-refractivity contribution < 1.29 is 9.53 Å². The second-order valence-corrected chi connectivity index (χ2v) is 7.17. The molecule has 0 radical (unpaired) electrons. The van der Waals surface area contributed by atoms with E-state index < -0.39 is 0 Å². The van der Waals surface area contributed by atoms with E-state index in [0.29, 0.717) is 0 Å². The van der Waals surface area contributed by atoms with Gasteiger partial charge in [0.1, 0.15) is 11.5 Å². The lowest BCUT2D eigenvalue weighted by Gasteiger charge is -2.49. The van der Waals surface area contributed by atoms with Gasteiger partial charge in [0.05, 0.1) is 5.54 Å². The number of carbonyl (C=O) groups is 1. The van der Waals surface area contributed by atoms with Crippen molar-refractivity contribution in [2.45, 2.75) is 18.4 Å². The van der Waals surface area contributed by atoms with Crippen LogP contribution in [0.4, 0.5) is 10.5 Å². The number of carbonyl (C=O) groups excluding carboxylic acids is 1. The SMILES string of the molecule is O=C(Nc1ccc(Oc2ccccc2)cc1)N1CCNCC12CCNCC2. The molecule has 2 aliphatic heterocycles. The Kier molecular flexibility index (Phi) is 5.27. The molecule has 6 heteroatoms. The first-order chi connectivity index (χ1) is 13.3. The Balaban J connectivity index is 1.41. The summed E-state index contributed by atoms with van der Waals surface area (Å²) in [4.78, 5) is 15.0. The van der Waals surface area contributed by atoms with Gasteiger partial charge in [-0.25, -0.2) is 4.79 Å². The van der Waals surface area contributed by atoms with Crippen molar-refractivity contribution >= 4 is 11.7 Å². The maximum absolute atomic E-state index is 13.0. The number of piperazine rings is 1. The summed E-state index contributed by atoms with van der Waals surface area (Å²) >= 11 is 0. The molecule has 2 saturated heterocycles. The zero-order valence-corrected chi connectivity index (χ0v) is 15.4. The molecule has 6 nitrogen and oxygen atoms in total. The van der Waals surface area contributed by atoms with Crippen molar-refractivity contribution in [1.82, 2.24) is 15.5 Å². The minimum absolute atomic E-state index is 0.0184. The van der Waals surface area contributed by atoms with Gasteiger partial charge < -0.3 is 25.6 Å². The lowest BCUT2D eigenvalue weighted by molar-refractivity contribution is 0.0690. The highest BCUT2D eigenvalue weighted by Gasteiger charge is 2.42. The summed E-state index contributed by atoms with van der Waals surface area (Å²) in [5.74, 6) is 1.54. The van der Waals surface area contributed by atoms with E-state index >= 15 is 0 Å². The summed E-state index contributed by atoms with van der Waals surface area (Å²) in [5.41, 5.74) is 0.701. The van der Waals surface area contributed by atoms with Gasteiger partial charge in [0, 0.05) is 25.3 Å². The summed E-state index contributed by atoms with van der Waals surface area (Å²) in [6.07, 6.45) is 1.97. The first kappa shape index (κ1) is 17.8. The van der Waals surface area contributed by atoms with E-state index in [1.807, 2.05) is 59.5 Å².